The summed E-state index contributed by atoms with van der Waals surface area (Å²) in [5.74, 6) is 0.0776. The Morgan fingerprint density at radius 3 is 2.32 bits per heavy atom. The largest absolute Gasteiger partial charge is 0.336 e. The molecule has 2 aromatic rings. The summed E-state index contributed by atoms with van der Waals surface area (Å²) in [5, 5.41) is 0.978. The van der Waals surface area contributed by atoms with E-state index in [0.29, 0.717) is 22.9 Å². The van der Waals surface area contributed by atoms with Crippen LogP contribution >= 0.6 is 58.0 Å². The molecule has 3 rings (SSSR count). The van der Waals surface area contributed by atoms with E-state index in [1.54, 1.807) is 6.07 Å². The van der Waals surface area contributed by atoms with Gasteiger partial charge in [0.2, 0.25) is 3.79 Å². The van der Waals surface area contributed by atoms with Crippen LogP contribution in [0.15, 0.2) is 42.5 Å². The van der Waals surface area contributed by atoms with E-state index in [1.165, 1.54) is 0 Å². The lowest BCUT2D eigenvalue weighted by atomic mass is 9.77. The maximum absolute atomic E-state index is 12.2. The third kappa shape index (κ3) is 5.67. The summed E-state index contributed by atoms with van der Waals surface area (Å²) >= 11 is 28.9. The minimum absolute atomic E-state index is 0.0776. The summed E-state index contributed by atoms with van der Waals surface area (Å²) in [4.78, 5) is 0. The van der Waals surface area contributed by atoms with Crippen LogP contribution in [0.1, 0.15) is 41.5 Å². The summed E-state index contributed by atoms with van der Waals surface area (Å²) in [6.07, 6.45) is 1.28. The van der Waals surface area contributed by atoms with Gasteiger partial charge in [-0.25, -0.2) is 0 Å². The van der Waals surface area contributed by atoms with Crippen LogP contribution in [-0.4, -0.2) is 18.8 Å². The van der Waals surface area contributed by atoms with E-state index in [-0.39, 0.29) is 5.92 Å². The average molecular weight is 504 g/mol. The number of halogens is 5. The highest BCUT2D eigenvalue weighted by molar-refractivity contribution is 7.84. The SMILES string of the molecule is O=S(=O)(NC1CCC(c2ccc(Cl)c(Cl)c2)c2ccccc21)OCC(Cl)(Cl)Cl. The zero-order chi connectivity index (χ0) is 20.5. The van der Waals surface area contributed by atoms with E-state index in [9.17, 15) is 8.42 Å². The zero-order valence-electron chi connectivity index (χ0n) is 14.3. The fourth-order valence-corrected chi connectivity index (χ4v) is 5.00. The Kier molecular flexibility index (Phi) is 7.11. The fourth-order valence-electron chi connectivity index (χ4n) is 3.34. The van der Waals surface area contributed by atoms with Crippen molar-refractivity contribution >= 4 is 68.3 Å². The van der Waals surface area contributed by atoms with Crippen molar-refractivity contribution in [2.45, 2.75) is 28.6 Å². The first kappa shape index (κ1) is 22.4. The Bertz CT molecular complexity index is 962. The molecule has 0 saturated heterocycles. The number of hydrogen-bond acceptors (Lipinski definition) is 3. The van der Waals surface area contributed by atoms with Crippen molar-refractivity contribution in [1.29, 1.82) is 0 Å². The first-order valence-corrected chi connectivity index (χ1v) is 11.6. The highest BCUT2D eigenvalue weighted by Crippen LogP contribution is 2.42. The molecular weight excluding hydrogens is 488 g/mol. The van der Waals surface area contributed by atoms with Gasteiger partial charge in [0.25, 0.3) is 0 Å². The second kappa shape index (κ2) is 8.86. The van der Waals surface area contributed by atoms with Crippen molar-refractivity contribution in [3.63, 3.8) is 0 Å². The van der Waals surface area contributed by atoms with Crippen LogP contribution in [0.3, 0.4) is 0 Å². The molecule has 28 heavy (non-hydrogen) atoms. The van der Waals surface area contributed by atoms with Crippen LogP contribution < -0.4 is 4.72 Å². The Labute approximate surface area is 189 Å². The number of benzene rings is 2. The van der Waals surface area contributed by atoms with Gasteiger partial charge in [0.05, 0.1) is 10.0 Å². The zero-order valence-corrected chi connectivity index (χ0v) is 18.9. The summed E-state index contributed by atoms with van der Waals surface area (Å²) in [6, 6.07) is 12.7. The third-order valence-corrected chi connectivity index (χ3v) is 6.57. The second-order valence-electron chi connectivity index (χ2n) is 6.43. The van der Waals surface area contributed by atoms with Crippen LogP contribution in [0.2, 0.25) is 10.0 Å². The van der Waals surface area contributed by atoms with Crippen molar-refractivity contribution in [2.75, 3.05) is 6.61 Å². The van der Waals surface area contributed by atoms with Crippen molar-refractivity contribution in [3.8, 4) is 0 Å². The van der Waals surface area contributed by atoms with Gasteiger partial charge in [-0.15, -0.1) is 0 Å². The lowest BCUT2D eigenvalue weighted by Crippen LogP contribution is -2.34. The average Bonchev–Trinajstić information content (AvgIpc) is 2.62. The molecular formula is C18H16Cl5NO3S. The number of hydrogen-bond donors (Lipinski definition) is 1. The Morgan fingerprint density at radius 1 is 1.00 bits per heavy atom. The highest BCUT2D eigenvalue weighted by Gasteiger charge is 2.32. The summed E-state index contributed by atoms with van der Waals surface area (Å²) in [5.41, 5.74) is 2.91. The van der Waals surface area contributed by atoms with E-state index in [2.05, 4.69) is 4.72 Å². The first-order valence-electron chi connectivity index (χ1n) is 8.33. The summed E-state index contributed by atoms with van der Waals surface area (Å²) < 4.78 is 30.0. The van der Waals surface area contributed by atoms with Crippen molar-refractivity contribution in [1.82, 2.24) is 4.72 Å². The van der Waals surface area contributed by atoms with E-state index >= 15 is 0 Å². The minimum Gasteiger partial charge on any atom is -0.254 e. The molecule has 2 atom stereocenters. The molecule has 0 aromatic heterocycles. The van der Waals surface area contributed by atoms with Crippen LogP contribution in [0.4, 0.5) is 0 Å². The molecule has 0 radical (unpaired) electrons. The van der Waals surface area contributed by atoms with Gasteiger partial charge >= 0.3 is 10.3 Å². The first-order chi connectivity index (χ1) is 13.1. The number of fused-ring (bicyclic) bond motifs is 1. The lowest BCUT2D eigenvalue weighted by Gasteiger charge is -2.32. The molecule has 10 heteroatoms. The molecule has 152 valence electrons. The van der Waals surface area contributed by atoms with Gasteiger partial charge in [0.15, 0.2) is 0 Å². The molecule has 1 N–H and O–H groups in total. The third-order valence-electron chi connectivity index (χ3n) is 4.50. The topological polar surface area (TPSA) is 55.4 Å². The smallest absolute Gasteiger partial charge is 0.254 e. The molecule has 0 amide bonds. The summed E-state index contributed by atoms with van der Waals surface area (Å²) in [6.45, 7) is -0.576. The van der Waals surface area contributed by atoms with Gasteiger partial charge < -0.3 is 0 Å². The van der Waals surface area contributed by atoms with E-state index < -0.39 is 26.7 Å². The van der Waals surface area contributed by atoms with Crippen molar-refractivity contribution in [3.05, 3.63) is 69.2 Å². The molecule has 0 bridgehead atoms. The monoisotopic (exact) mass is 501 g/mol. The van der Waals surface area contributed by atoms with E-state index in [4.69, 9.17) is 62.2 Å². The van der Waals surface area contributed by atoms with Gasteiger partial charge in [0.1, 0.15) is 6.61 Å². The molecule has 0 saturated carbocycles. The number of alkyl halides is 3. The van der Waals surface area contributed by atoms with Gasteiger partial charge in [-0.2, -0.15) is 13.1 Å². The second-order valence-corrected chi connectivity index (χ2v) is 11.1. The van der Waals surface area contributed by atoms with Gasteiger partial charge in [-0.3, -0.25) is 4.18 Å². The van der Waals surface area contributed by atoms with Crippen molar-refractivity contribution in [2.24, 2.45) is 0 Å². The molecule has 0 spiro atoms. The quantitative estimate of drug-likeness (QED) is 0.496. The molecule has 1 aliphatic rings. The Balaban J connectivity index is 1.85. The Hall–Kier alpha value is -0.240. The molecule has 0 aliphatic heterocycles. The fraction of sp³-hybridized carbons (Fsp3) is 0.333. The van der Waals surface area contributed by atoms with E-state index in [1.807, 2.05) is 36.4 Å². The van der Waals surface area contributed by atoms with Gasteiger partial charge in [0, 0.05) is 12.0 Å². The minimum atomic E-state index is -4.09. The molecule has 4 nitrogen and oxygen atoms in total. The lowest BCUT2D eigenvalue weighted by molar-refractivity contribution is 0.310. The predicted molar refractivity (Wildman–Crippen MR) is 115 cm³/mol. The highest BCUT2D eigenvalue weighted by atomic mass is 35.6. The molecule has 2 aromatic carbocycles. The maximum Gasteiger partial charge on any atom is 0.336 e. The number of nitrogens with one attached hydrogen (secondary N) is 1. The van der Waals surface area contributed by atoms with Crippen molar-refractivity contribution < 1.29 is 12.6 Å². The standard InChI is InChI=1S/C18H16Cl5NO3S/c19-15-7-5-11(9-16(15)20)12-6-8-17(14-4-2-1-3-13(12)14)24-28(25,26)27-10-18(21,22)23/h1-5,7,9,12,17,24H,6,8,10H2. The van der Waals surface area contributed by atoms with Crippen LogP contribution in [0.25, 0.3) is 0 Å². The normalized spacial score (nSPS) is 20.0. The van der Waals surface area contributed by atoms with E-state index in [0.717, 1.165) is 16.7 Å². The molecule has 1 aliphatic carbocycles. The van der Waals surface area contributed by atoms with Crippen LogP contribution in [-0.2, 0) is 14.5 Å². The summed E-state index contributed by atoms with van der Waals surface area (Å²) in [7, 11) is -4.09. The van der Waals surface area contributed by atoms with Gasteiger partial charge in [-0.05, 0) is 41.7 Å². The van der Waals surface area contributed by atoms with Crippen LogP contribution in [0.5, 0.6) is 0 Å². The molecule has 0 heterocycles. The maximum atomic E-state index is 12.2. The number of rotatable bonds is 5. The molecule has 0 fully saturated rings. The van der Waals surface area contributed by atoms with Gasteiger partial charge in [-0.1, -0.05) is 88.3 Å². The Morgan fingerprint density at radius 2 is 1.68 bits per heavy atom. The molecule has 2 unspecified atom stereocenters. The predicted octanol–water partition coefficient (Wildman–Crippen LogP) is 6.18. The van der Waals surface area contributed by atoms with Crippen LogP contribution in [0, 0.1) is 0 Å².